The quantitative estimate of drug-likeness (QED) is 0.685. The Kier molecular flexibility index (Phi) is 2.57. The number of nitrogens with zero attached hydrogens (tertiary/aromatic N) is 1. The molecule has 0 saturated heterocycles. The Morgan fingerprint density at radius 3 is 2.83 bits per heavy atom. The van der Waals surface area contributed by atoms with E-state index in [4.69, 9.17) is 5.73 Å². The fraction of sp³-hybridized carbons (Fsp3) is 0.182. The van der Waals surface area contributed by atoms with Crippen LogP contribution in [0.5, 0.6) is 0 Å². The van der Waals surface area contributed by atoms with Crippen molar-refractivity contribution in [2.45, 2.75) is 12.8 Å². The molecular formula is C11H11N2O3PS. The summed E-state index contributed by atoms with van der Waals surface area (Å²) in [4.78, 5) is 23.8. The molecule has 1 aromatic heterocycles. The van der Waals surface area contributed by atoms with Gasteiger partial charge < -0.3 is 15.5 Å². The highest BCUT2D eigenvalue weighted by atomic mass is 32.1. The standard InChI is InChI=1S/C11H11N2O3PS/c12-11-13-10-8-5-7(17(14,15)16)3-1-6(8)2-4-9(10)18-11/h1,3,5H,2,4H2,(H2,12,13)(H2,14,15,16). The first-order valence-electron chi connectivity index (χ1n) is 5.40. The third-order valence-corrected chi connectivity index (χ3v) is 4.92. The van der Waals surface area contributed by atoms with Crippen molar-refractivity contribution in [3.8, 4) is 11.3 Å². The van der Waals surface area contributed by atoms with E-state index < -0.39 is 7.60 Å². The summed E-state index contributed by atoms with van der Waals surface area (Å²) in [7, 11) is -4.23. The van der Waals surface area contributed by atoms with Gasteiger partial charge in [0.2, 0.25) is 0 Å². The smallest absolute Gasteiger partial charge is 0.356 e. The lowest BCUT2D eigenvalue weighted by atomic mass is 9.94. The molecule has 0 unspecified atom stereocenters. The zero-order chi connectivity index (χ0) is 12.9. The van der Waals surface area contributed by atoms with Crippen LogP contribution in [0.2, 0.25) is 0 Å². The summed E-state index contributed by atoms with van der Waals surface area (Å²) in [5.41, 5.74) is 8.32. The van der Waals surface area contributed by atoms with Crippen molar-refractivity contribution in [1.82, 2.24) is 4.98 Å². The monoisotopic (exact) mass is 282 g/mol. The minimum absolute atomic E-state index is 0.0284. The summed E-state index contributed by atoms with van der Waals surface area (Å²) in [6.07, 6.45) is 1.73. The van der Waals surface area contributed by atoms with Crippen LogP contribution in [-0.4, -0.2) is 14.8 Å². The molecule has 1 aliphatic carbocycles. The Labute approximate surface area is 107 Å². The van der Waals surface area contributed by atoms with Gasteiger partial charge in [-0.3, -0.25) is 4.57 Å². The van der Waals surface area contributed by atoms with Gasteiger partial charge in [0.25, 0.3) is 0 Å². The van der Waals surface area contributed by atoms with E-state index in [-0.39, 0.29) is 5.30 Å². The first kappa shape index (κ1) is 11.9. The number of hydrogen-bond donors (Lipinski definition) is 3. The van der Waals surface area contributed by atoms with Crippen LogP contribution in [0.3, 0.4) is 0 Å². The number of nitrogen functional groups attached to an aromatic ring is 1. The fourth-order valence-corrected chi connectivity index (χ4v) is 3.59. The highest BCUT2D eigenvalue weighted by Gasteiger charge is 2.24. The first-order valence-corrected chi connectivity index (χ1v) is 7.82. The number of hydrogen-bond acceptors (Lipinski definition) is 4. The minimum atomic E-state index is -4.23. The van der Waals surface area contributed by atoms with E-state index >= 15 is 0 Å². The van der Waals surface area contributed by atoms with Crippen molar-refractivity contribution in [1.29, 1.82) is 0 Å². The molecule has 3 rings (SSSR count). The van der Waals surface area contributed by atoms with Crippen molar-refractivity contribution in [3.63, 3.8) is 0 Å². The summed E-state index contributed by atoms with van der Waals surface area (Å²) in [6.45, 7) is 0. The second-order valence-corrected chi connectivity index (χ2v) is 6.93. The van der Waals surface area contributed by atoms with Crippen LogP contribution >= 0.6 is 18.9 Å². The third kappa shape index (κ3) is 1.87. The molecule has 5 nitrogen and oxygen atoms in total. The van der Waals surface area contributed by atoms with Gasteiger partial charge >= 0.3 is 7.60 Å². The lowest BCUT2D eigenvalue weighted by Gasteiger charge is -2.16. The van der Waals surface area contributed by atoms with Crippen LogP contribution in [0.15, 0.2) is 18.2 Å². The molecule has 0 fully saturated rings. The molecule has 0 spiro atoms. The zero-order valence-electron chi connectivity index (χ0n) is 9.33. The summed E-state index contributed by atoms with van der Waals surface area (Å²) in [5.74, 6) is 0. The number of thiazole rings is 1. The molecule has 1 aromatic carbocycles. The highest BCUT2D eigenvalue weighted by Crippen LogP contribution is 2.40. The average molecular weight is 282 g/mol. The van der Waals surface area contributed by atoms with Crippen molar-refractivity contribution >= 4 is 29.4 Å². The van der Waals surface area contributed by atoms with Crippen LogP contribution in [0.25, 0.3) is 11.3 Å². The molecule has 0 aliphatic heterocycles. The van der Waals surface area contributed by atoms with Crippen LogP contribution in [0.1, 0.15) is 10.4 Å². The van der Waals surface area contributed by atoms with Crippen molar-refractivity contribution in [3.05, 3.63) is 28.6 Å². The first-order chi connectivity index (χ1) is 8.45. The maximum absolute atomic E-state index is 11.3. The average Bonchev–Trinajstić information content (AvgIpc) is 2.68. The molecular weight excluding hydrogens is 271 g/mol. The number of aryl methyl sites for hydroxylation is 2. The largest absolute Gasteiger partial charge is 0.375 e. The maximum Gasteiger partial charge on any atom is 0.356 e. The Morgan fingerprint density at radius 2 is 2.11 bits per heavy atom. The van der Waals surface area contributed by atoms with Gasteiger partial charge in [-0.1, -0.05) is 6.07 Å². The molecule has 94 valence electrons. The molecule has 1 aliphatic rings. The van der Waals surface area contributed by atoms with Gasteiger partial charge in [0, 0.05) is 10.4 Å². The Morgan fingerprint density at radius 1 is 1.33 bits per heavy atom. The van der Waals surface area contributed by atoms with Crippen LogP contribution in [-0.2, 0) is 17.4 Å². The second kappa shape index (κ2) is 3.90. The van der Waals surface area contributed by atoms with Gasteiger partial charge in [0.15, 0.2) is 5.13 Å². The van der Waals surface area contributed by atoms with Gasteiger partial charge in [0.1, 0.15) is 0 Å². The topological polar surface area (TPSA) is 96.4 Å². The lowest BCUT2D eigenvalue weighted by Crippen LogP contribution is -2.09. The molecule has 7 heteroatoms. The Hall–Kier alpha value is -1.20. The van der Waals surface area contributed by atoms with Gasteiger partial charge in [0.05, 0.1) is 11.0 Å². The number of anilines is 1. The molecule has 2 aromatic rings. The maximum atomic E-state index is 11.3. The van der Waals surface area contributed by atoms with E-state index in [1.807, 2.05) is 0 Å². The van der Waals surface area contributed by atoms with Crippen molar-refractivity contribution in [2.75, 3.05) is 5.73 Å². The Balaban J connectivity index is 2.22. The zero-order valence-corrected chi connectivity index (χ0v) is 11.0. The number of nitrogens with two attached hydrogens (primary N) is 1. The van der Waals surface area contributed by atoms with Crippen LogP contribution in [0, 0.1) is 0 Å². The van der Waals surface area contributed by atoms with Crippen LogP contribution in [0.4, 0.5) is 5.13 Å². The van der Waals surface area contributed by atoms with Gasteiger partial charge in [-0.25, -0.2) is 4.98 Å². The second-order valence-electron chi connectivity index (χ2n) is 4.21. The van der Waals surface area contributed by atoms with E-state index in [1.165, 1.54) is 23.5 Å². The summed E-state index contributed by atoms with van der Waals surface area (Å²) in [6, 6.07) is 4.79. The molecule has 1 heterocycles. The van der Waals surface area contributed by atoms with Crippen molar-refractivity contribution < 1.29 is 14.4 Å². The molecule has 0 atom stereocenters. The van der Waals surface area contributed by atoms with Gasteiger partial charge in [-0.2, -0.15) is 0 Å². The number of fused-ring (bicyclic) bond motifs is 3. The van der Waals surface area contributed by atoms with Gasteiger partial charge in [-0.15, -0.1) is 11.3 Å². The lowest BCUT2D eigenvalue weighted by molar-refractivity contribution is 0.387. The molecule has 0 saturated carbocycles. The predicted octanol–water partition coefficient (Wildman–Crippen LogP) is 1.29. The van der Waals surface area contributed by atoms with E-state index in [1.54, 1.807) is 6.07 Å². The van der Waals surface area contributed by atoms with E-state index in [2.05, 4.69) is 4.98 Å². The molecule has 4 N–H and O–H groups in total. The van der Waals surface area contributed by atoms with E-state index in [0.717, 1.165) is 34.5 Å². The SMILES string of the molecule is Nc1nc2c(s1)CCc1ccc(P(=O)(O)O)cc1-2. The summed E-state index contributed by atoms with van der Waals surface area (Å²) in [5, 5.41) is 0.523. The molecule has 0 radical (unpaired) electrons. The fourth-order valence-electron chi connectivity index (χ4n) is 2.18. The minimum Gasteiger partial charge on any atom is -0.375 e. The molecule has 0 bridgehead atoms. The Bertz CT molecular complexity index is 677. The van der Waals surface area contributed by atoms with Gasteiger partial charge in [-0.05, 0) is 30.5 Å². The van der Waals surface area contributed by atoms with Crippen LogP contribution < -0.4 is 11.0 Å². The molecule has 18 heavy (non-hydrogen) atoms. The number of aromatic nitrogens is 1. The van der Waals surface area contributed by atoms with E-state index in [9.17, 15) is 14.4 Å². The molecule has 0 amide bonds. The number of rotatable bonds is 1. The normalized spacial score (nSPS) is 14.1. The summed E-state index contributed by atoms with van der Waals surface area (Å²) >= 11 is 1.44. The number of benzene rings is 1. The third-order valence-electron chi connectivity index (χ3n) is 3.02. The van der Waals surface area contributed by atoms with E-state index in [0.29, 0.717) is 5.13 Å². The predicted molar refractivity (Wildman–Crippen MR) is 71.0 cm³/mol. The van der Waals surface area contributed by atoms with Crippen molar-refractivity contribution in [2.24, 2.45) is 0 Å². The highest BCUT2D eigenvalue weighted by molar-refractivity contribution is 7.60. The summed E-state index contributed by atoms with van der Waals surface area (Å²) < 4.78 is 11.3.